The second-order valence-corrected chi connectivity index (χ2v) is 7.93. The predicted molar refractivity (Wildman–Crippen MR) is 78.8 cm³/mol. The van der Waals surface area contributed by atoms with E-state index in [1.165, 1.54) is 31.9 Å². The van der Waals surface area contributed by atoms with Crippen LogP contribution in [0.5, 0.6) is 0 Å². The summed E-state index contributed by atoms with van der Waals surface area (Å²) in [7, 11) is 1.52. The van der Waals surface area contributed by atoms with Crippen LogP contribution in [-0.4, -0.2) is 27.7 Å². The van der Waals surface area contributed by atoms with E-state index in [0.717, 1.165) is 5.69 Å². The molecule has 8 heteroatoms. The minimum atomic E-state index is -3.79. The molecule has 0 radical (unpaired) electrons. The zero-order valence-corrected chi connectivity index (χ0v) is 13.3. The molecule has 0 aliphatic heterocycles. The fourth-order valence-electron chi connectivity index (χ4n) is 2.77. The van der Waals surface area contributed by atoms with Gasteiger partial charge in [0.2, 0.25) is 0 Å². The first kappa shape index (κ1) is 14.6. The Balaban J connectivity index is 1.79. The smallest absolute Gasteiger partial charge is 0.280 e. The van der Waals surface area contributed by atoms with Crippen molar-refractivity contribution in [1.82, 2.24) is 19.3 Å². The predicted octanol–water partition coefficient (Wildman–Crippen LogP) is 2.48. The lowest BCUT2D eigenvalue weighted by molar-refractivity contribution is 0.461. The fourth-order valence-corrected chi connectivity index (χ4v) is 3.48. The number of hydrogen-bond acceptors (Lipinski definition) is 4. The molecule has 0 N–H and O–H groups in total. The van der Waals surface area contributed by atoms with Crippen LogP contribution in [0.4, 0.5) is 0 Å². The van der Waals surface area contributed by atoms with E-state index in [0.29, 0.717) is 18.4 Å². The molecule has 3 rings (SSSR count). The van der Waals surface area contributed by atoms with Gasteiger partial charge in [0.25, 0.3) is 9.05 Å². The normalized spacial score (nSPS) is 16.7. The van der Waals surface area contributed by atoms with Crippen molar-refractivity contribution in [2.75, 3.05) is 0 Å². The third kappa shape index (κ3) is 3.13. The first-order valence-corrected chi connectivity index (χ1v) is 9.27. The molecule has 0 saturated heterocycles. The Morgan fingerprint density at radius 2 is 2.10 bits per heavy atom. The summed E-state index contributed by atoms with van der Waals surface area (Å²) in [6.45, 7) is 2.24. The Morgan fingerprint density at radius 1 is 1.38 bits per heavy atom. The van der Waals surface area contributed by atoms with Crippen LogP contribution < -0.4 is 0 Å². The first-order chi connectivity index (χ1) is 9.93. The number of aromatic nitrogens is 4. The van der Waals surface area contributed by atoms with Gasteiger partial charge in [0, 0.05) is 23.1 Å². The van der Waals surface area contributed by atoms with Crippen molar-refractivity contribution in [1.29, 1.82) is 0 Å². The van der Waals surface area contributed by atoms with Crippen molar-refractivity contribution in [2.24, 2.45) is 0 Å². The third-order valence-corrected chi connectivity index (χ3v) is 5.07. The highest BCUT2D eigenvalue weighted by atomic mass is 35.7. The molecule has 0 bridgehead atoms. The highest BCUT2D eigenvalue weighted by Crippen LogP contribution is 2.28. The molecule has 0 atom stereocenters. The minimum absolute atomic E-state index is 0.114. The summed E-state index contributed by atoms with van der Waals surface area (Å²) in [5.74, 6) is 0.602. The van der Waals surface area contributed by atoms with Gasteiger partial charge < -0.3 is 4.57 Å². The van der Waals surface area contributed by atoms with Crippen LogP contribution >= 0.6 is 10.7 Å². The zero-order valence-electron chi connectivity index (χ0n) is 11.7. The zero-order chi connectivity index (χ0) is 15.0. The third-order valence-electron chi connectivity index (χ3n) is 3.90. The lowest BCUT2D eigenvalue weighted by Gasteiger charge is -2.09. The van der Waals surface area contributed by atoms with Crippen LogP contribution in [0.15, 0.2) is 23.5 Å². The van der Waals surface area contributed by atoms with Gasteiger partial charge in [0.1, 0.15) is 5.82 Å². The molecular weight excluding hydrogens is 312 g/mol. The van der Waals surface area contributed by atoms with Crippen molar-refractivity contribution < 1.29 is 8.42 Å². The Morgan fingerprint density at radius 3 is 2.71 bits per heavy atom. The Kier molecular flexibility index (Phi) is 3.79. The Labute approximate surface area is 128 Å². The molecule has 2 heterocycles. The van der Waals surface area contributed by atoms with Gasteiger partial charge in [-0.25, -0.2) is 13.4 Å². The molecule has 1 saturated carbocycles. The maximum atomic E-state index is 11.3. The van der Waals surface area contributed by atoms with Crippen LogP contribution in [0.25, 0.3) is 0 Å². The van der Waals surface area contributed by atoms with Gasteiger partial charge >= 0.3 is 0 Å². The maximum absolute atomic E-state index is 11.3. The molecule has 2 aromatic heterocycles. The summed E-state index contributed by atoms with van der Waals surface area (Å²) in [5.41, 5.74) is 0.890. The van der Waals surface area contributed by atoms with Crippen molar-refractivity contribution in [3.05, 3.63) is 30.0 Å². The van der Waals surface area contributed by atoms with Gasteiger partial charge in [-0.3, -0.25) is 4.68 Å². The largest absolute Gasteiger partial charge is 0.328 e. The first-order valence-electron chi connectivity index (χ1n) is 6.96. The highest BCUT2D eigenvalue weighted by Gasteiger charge is 2.19. The monoisotopic (exact) mass is 328 g/mol. The summed E-state index contributed by atoms with van der Waals surface area (Å²) in [4.78, 5) is 3.97. The van der Waals surface area contributed by atoms with Crippen LogP contribution in [0.3, 0.4) is 0 Å². The molecule has 0 unspecified atom stereocenters. The Hall–Kier alpha value is -1.34. The van der Waals surface area contributed by atoms with E-state index in [-0.39, 0.29) is 5.03 Å². The van der Waals surface area contributed by atoms with Gasteiger partial charge in [-0.1, -0.05) is 12.8 Å². The van der Waals surface area contributed by atoms with Gasteiger partial charge in [0.15, 0.2) is 5.03 Å². The molecule has 1 fully saturated rings. The van der Waals surface area contributed by atoms with Gasteiger partial charge in [-0.2, -0.15) is 5.10 Å². The van der Waals surface area contributed by atoms with Crippen LogP contribution in [0.1, 0.15) is 43.2 Å². The van der Waals surface area contributed by atoms with Gasteiger partial charge in [-0.05, 0) is 25.8 Å². The quantitative estimate of drug-likeness (QED) is 0.808. The van der Waals surface area contributed by atoms with Crippen molar-refractivity contribution in [3.63, 3.8) is 0 Å². The van der Waals surface area contributed by atoms with Crippen LogP contribution in [-0.2, 0) is 15.6 Å². The number of halogens is 1. The molecule has 1 aliphatic carbocycles. The van der Waals surface area contributed by atoms with E-state index < -0.39 is 9.05 Å². The van der Waals surface area contributed by atoms with Crippen molar-refractivity contribution >= 4 is 19.7 Å². The highest BCUT2D eigenvalue weighted by molar-refractivity contribution is 8.13. The SMILES string of the molecule is Cc1nc(S(=O)(=O)Cl)cn1Cc1ccn(C2CCCC2)n1. The maximum Gasteiger partial charge on any atom is 0.280 e. The summed E-state index contributed by atoms with van der Waals surface area (Å²) in [6.07, 6.45) is 8.33. The van der Waals surface area contributed by atoms with E-state index in [1.807, 2.05) is 16.9 Å². The lowest BCUT2D eigenvalue weighted by Crippen LogP contribution is -2.07. The molecule has 2 aromatic rings. The number of imidazole rings is 1. The molecule has 1 aliphatic rings. The number of aryl methyl sites for hydroxylation is 1. The van der Waals surface area contributed by atoms with E-state index in [2.05, 4.69) is 10.1 Å². The standard InChI is InChI=1S/C13H17ClN4O2S/c1-10-15-13(21(14,19)20)9-17(10)8-11-6-7-18(16-11)12-4-2-3-5-12/h6-7,9,12H,2-5,8H2,1H3. The summed E-state index contributed by atoms with van der Waals surface area (Å²) in [5, 5.41) is 4.47. The molecule has 0 aromatic carbocycles. The molecular formula is C13H17ClN4O2S. The van der Waals surface area contributed by atoms with Crippen LogP contribution in [0, 0.1) is 6.92 Å². The van der Waals surface area contributed by atoms with Crippen molar-refractivity contribution in [2.45, 2.75) is 50.2 Å². The second kappa shape index (κ2) is 5.46. The molecule has 21 heavy (non-hydrogen) atoms. The van der Waals surface area contributed by atoms with Gasteiger partial charge in [-0.15, -0.1) is 0 Å². The van der Waals surface area contributed by atoms with E-state index >= 15 is 0 Å². The van der Waals surface area contributed by atoms with Crippen LogP contribution in [0.2, 0.25) is 0 Å². The molecule has 6 nitrogen and oxygen atoms in total. The van der Waals surface area contributed by atoms with E-state index in [4.69, 9.17) is 10.7 Å². The summed E-state index contributed by atoms with van der Waals surface area (Å²) in [6, 6.07) is 2.47. The number of hydrogen-bond donors (Lipinski definition) is 0. The molecule has 0 spiro atoms. The van der Waals surface area contributed by atoms with Crippen molar-refractivity contribution in [3.8, 4) is 0 Å². The number of rotatable bonds is 4. The lowest BCUT2D eigenvalue weighted by atomic mass is 10.3. The fraction of sp³-hybridized carbons (Fsp3) is 0.538. The summed E-state index contributed by atoms with van der Waals surface area (Å²) >= 11 is 0. The average Bonchev–Trinajstić information content (AvgIpc) is 3.10. The van der Waals surface area contributed by atoms with E-state index in [1.54, 1.807) is 11.5 Å². The number of nitrogens with zero attached hydrogens (tertiary/aromatic N) is 4. The second-order valence-electron chi connectivity index (χ2n) is 5.42. The molecule has 0 amide bonds. The van der Waals surface area contributed by atoms with E-state index in [9.17, 15) is 8.42 Å². The topological polar surface area (TPSA) is 69.8 Å². The Bertz CT molecular complexity index is 744. The van der Waals surface area contributed by atoms with Gasteiger partial charge in [0.05, 0.1) is 18.3 Å². The molecule has 114 valence electrons. The minimum Gasteiger partial charge on any atom is -0.328 e. The average molecular weight is 329 g/mol. The summed E-state index contributed by atoms with van der Waals surface area (Å²) < 4.78 is 26.4.